The molecule has 2 aromatic heterocycles. The predicted molar refractivity (Wildman–Crippen MR) is 93.5 cm³/mol. The van der Waals surface area contributed by atoms with E-state index in [0.29, 0.717) is 12.3 Å². The van der Waals surface area contributed by atoms with Crippen molar-refractivity contribution in [3.05, 3.63) is 71.5 Å². The van der Waals surface area contributed by atoms with Gasteiger partial charge in [0.2, 0.25) is 0 Å². The van der Waals surface area contributed by atoms with Crippen molar-refractivity contribution in [2.24, 2.45) is 0 Å². The molecule has 0 fully saturated rings. The van der Waals surface area contributed by atoms with Crippen molar-refractivity contribution in [3.8, 4) is 5.75 Å². The molecule has 122 valence electrons. The van der Waals surface area contributed by atoms with Gasteiger partial charge < -0.3 is 14.5 Å². The number of rotatable bonds is 3. The second-order valence-corrected chi connectivity index (χ2v) is 6.06. The summed E-state index contributed by atoms with van der Waals surface area (Å²) in [6.07, 6.45) is 1.69. The monoisotopic (exact) mass is 330 g/mol. The Bertz CT molecular complexity index is 1120. The number of cyclic esters (lactones) is 1. The zero-order valence-electron chi connectivity index (χ0n) is 13.3. The van der Waals surface area contributed by atoms with E-state index in [1.165, 1.54) is 0 Å². The maximum atomic E-state index is 11.8. The lowest BCUT2D eigenvalue weighted by molar-refractivity contribution is 0.0531. The van der Waals surface area contributed by atoms with Crippen molar-refractivity contribution in [1.82, 2.24) is 9.97 Å². The predicted octanol–water partition coefficient (Wildman–Crippen LogP) is 3.97. The van der Waals surface area contributed by atoms with Crippen LogP contribution in [0.2, 0.25) is 0 Å². The molecule has 1 aliphatic heterocycles. The van der Waals surface area contributed by atoms with Crippen molar-refractivity contribution in [1.29, 1.82) is 0 Å². The molecular formula is C20H14N2O3. The van der Waals surface area contributed by atoms with Crippen molar-refractivity contribution in [3.63, 3.8) is 0 Å². The summed E-state index contributed by atoms with van der Waals surface area (Å²) in [6.45, 7) is 0.774. The fourth-order valence-electron chi connectivity index (χ4n) is 3.29. The molecule has 25 heavy (non-hydrogen) atoms. The van der Waals surface area contributed by atoms with Crippen LogP contribution in [0.1, 0.15) is 21.6 Å². The lowest BCUT2D eigenvalue weighted by Gasteiger charge is -2.06. The van der Waals surface area contributed by atoms with E-state index in [1.54, 1.807) is 6.20 Å². The van der Waals surface area contributed by atoms with Gasteiger partial charge in [0, 0.05) is 21.9 Å². The first-order chi connectivity index (χ1) is 12.3. The van der Waals surface area contributed by atoms with E-state index < -0.39 is 0 Å². The number of nitrogens with zero attached hydrogens (tertiary/aromatic N) is 1. The first-order valence-corrected chi connectivity index (χ1v) is 8.07. The molecule has 0 unspecified atom stereocenters. The Hall–Kier alpha value is -3.34. The lowest BCUT2D eigenvalue weighted by Crippen LogP contribution is -1.96. The van der Waals surface area contributed by atoms with Crippen LogP contribution in [-0.4, -0.2) is 15.9 Å². The molecule has 5 nitrogen and oxygen atoms in total. The Morgan fingerprint density at radius 2 is 2.00 bits per heavy atom. The molecule has 1 N–H and O–H groups in total. The second kappa shape index (κ2) is 5.34. The van der Waals surface area contributed by atoms with Gasteiger partial charge in [-0.05, 0) is 23.8 Å². The van der Waals surface area contributed by atoms with Crippen LogP contribution in [0.15, 0.2) is 54.7 Å². The second-order valence-electron chi connectivity index (χ2n) is 6.06. The Morgan fingerprint density at radius 1 is 1.12 bits per heavy atom. The van der Waals surface area contributed by atoms with Gasteiger partial charge in [0.05, 0.1) is 11.7 Å². The smallest absolute Gasteiger partial charge is 0.357 e. The van der Waals surface area contributed by atoms with Crippen LogP contribution in [0.5, 0.6) is 5.75 Å². The summed E-state index contributed by atoms with van der Waals surface area (Å²) in [5, 5.41) is 1.99. The number of carbonyl (C=O) groups excluding carboxylic acids is 1. The lowest BCUT2D eigenvalue weighted by atomic mass is 10.1. The zero-order valence-corrected chi connectivity index (χ0v) is 13.3. The van der Waals surface area contributed by atoms with Gasteiger partial charge in [-0.3, -0.25) is 0 Å². The third-order valence-corrected chi connectivity index (χ3v) is 4.50. The SMILES string of the molecule is O=C1OCc2c1ncc1[nH]c3ccc(OCc4ccccc4)cc3c21. The Balaban J connectivity index is 1.59. The van der Waals surface area contributed by atoms with Crippen LogP contribution in [-0.2, 0) is 18.0 Å². The van der Waals surface area contributed by atoms with E-state index in [0.717, 1.165) is 38.7 Å². The number of fused-ring (bicyclic) bond motifs is 5. The van der Waals surface area contributed by atoms with Gasteiger partial charge in [-0.2, -0.15) is 0 Å². The number of aromatic amines is 1. The van der Waals surface area contributed by atoms with Crippen molar-refractivity contribution in [2.75, 3.05) is 0 Å². The number of carbonyl (C=O) groups is 1. The van der Waals surface area contributed by atoms with Gasteiger partial charge in [0.25, 0.3) is 0 Å². The van der Waals surface area contributed by atoms with Crippen LogP contribution < -0.4 is 4.74 Å². The minimum atomic E-state index is -0.359. The number of hydrogen-bond acceptors (Lipinski definition) is 4. The minimum Gasteiger partial charge on any atom is -0.489 e. The Morgan fingerprint density at radius 3 is 2.88 bits per heavy atom. The molecule has 5 rings (SSSR count). The van der Waals surface area contributed by atoms with Gasteiger partial charge in [0.15, 0.2) is 5.69 Å². The average molecular weight is 330 g/mol. The molecule has 0 saturated carbocycles. The molecule has 0 aliphatic carbocycles. The summed E-state index contributed by atoms with van der Waals surface area (Å²) in [5.74, 6) is 0.427. The Labute approximate surface area is 143 Å². The van der Waals surface area contributed by atoms with Crippen molar-refractivity contribution >= 4 is 27.8 Å². The van der Waals surface area contributed by atoms with Crippen LogP contribution in [0.25, 0.3) is 21.8 Å². The molecule has 2 aromatic carbocycles. The normalized spacial score (nSPS) is 13.2. The molecule has 0 spiro atoms. The summed E-state index contributed by atoms with van der Waals surface area (Å²) < 4.78 is 11.1. The highest BCUT2D eigenvalue weighted by molar-refractivity contribution is 6.12. The average Bonchev–Trinajstić information content (AvgIpc) is 3.21. The van der Waals surface area contributed by atoms with E-state index in [4.69, 9.17) is 9.47 Å². The molecule has 1 aliphatic rings. The van der Waals surface area contributed by atoms with E-state index in [1.807, 2.05) is 48.5 Å². The highest BCUT2D eigenvalue weighted by Gasteiger charge is 2.26. The fourth-order valence-corrected chi connectivity index (χ4v) is 3.29. The standard InChI is InChI=1S/C20H14N2O3/c23-20-19-15(11-25-20)18-14-8-13(24-10-12-4-2-1-3-5-12)6-7-16(14)22-17(18)9-21-19/h1-9,22H,10-11H2. The summed E-state index contributed by atoms with van der Waals surface area (Å²) in [6, 6.07) is 16.0. The summed E-state index contributed by atoms with van der Waals surface area (Å²) in [4.78, 5) is 19.3. The minimum absolute atomic E-state index is 0.264. The number of aromatic nitrogens is 2. The number of H-pyrrole nitrogens is 1. The van der Waals surface area contributed by atoms with Crippen LogP contribution in [0.3, 0.4) is 0 Å². The van der Waals surface area contributed by atoms with Gasteiger partial charge in [-0.15, -0.1) is 0 Å². The summed E-state index contributed by atoms with van der Waals surface area (Å²) in [5.41, 5.74) is 4.24. The third-order valence-electron chi connectivity index (χ3n) is 4.50. The topological polar surface area (TPSA) is 64.2 Å². The van der Waals surface area contributed by atoms with Gasteiger partial charge in [-0.25, -0.2) is 9.78 Å². The maximum absolute atomic E-state index is 11.8. The molecule has 3 heterocycles. The van der Waals surface area contributed by atoms with Crippen molar-refractivity contribution < 1.29 is 14.3 Å². The summed E-state index contributed by atoms with van der Waals surface area (Å²) >= 11 is 0. The van der Waals surface area contributed by atoms with E-state index in [-0.39, 0.29) is 12.6 Å². The molecule has 0 radical (unpaired) electrons. The van der Waals surface area contributed by atoms with E-state index >= 15 is 0 Å². The quantitative estimate of drug-likeness (QED) is 0.577. The van der Waals surface area contributed by atoms with Crippen LogP contribution in [0.4, 0.5) is 0 Å². The van der Waals surface area contributed by atoms with E-state index in [2.05, 4.69) is 9.97 Å². The number of ether oxygens (including phenoxy) is 2. The van der Waals surface area contributed by atoms with Gasteiger partial charge in [-0.1, -0.05) is 30.3 Å². The highest BCUT2D eigenvalue weighted by Crippen LogP contribution is 2.34. The Kier molecular flexibility index (Phi) is 3.00. The zero-order chi connectivity index (χ0) is 16.8. The number of hydrogen-bond donors (Lipinski definition) is 1. The summed E-state index contributed by atoms with van der Waals surface area (Å²) in [7, 11) is 0. The van der Waals surface area contributed by atoms with Crippen molar-refractivity contribution in [2.45, 2.75) is 13.2 Å². The number of nitrogens with one attached hydrogen (secondary N) is 1. The molecule has 0 atom stereocenters. The molecule has 4 aromatic rings. The molecular weight excluding hydrogens is 316 g/mol. The third kappa shape index (κ3) is 2.24. The largest absolute Gasteiger partial charge is 0.489 e. The maximum Gasteiger partial charge on any atom is 0.357 e. The first-order valence-electron chi connectivity index (χ1n) is 8.07. The van der Waals surface area contributed by atoms with E-state index in [9.17, 15) is 4.79 Å². The van der Waals surface area contributed by atoms with Crippen LogP contribution in [0, 0.1) is 0 Å². The molecule has 0 bridgehead atoms. The van der Waals surface area contributed by atoms with Crippen LogP contribution >= 0.6 is 0 Å². The van der Waals surface area contributed by atoms with Gasteiger partial charge in [0.1, 0.15) is 19.0 Å². The molecule has 0 saturated heterocycles. The van der Waals surface area contributed by atoms with Gasteiger partial charge >= 0.3 is 5.97 Å². The number of benzene rings is 2. The molecule has 5 heteroatoms. The number of pyridine rings is 1. The first kappa shape index (κ1) is 14.0. The highest BCUT2D eigenvalue weighted by atomic mass is 16.5. The molecule has 0 amide bonds. The number of esters is 1. The fraction of sp³-hybridized carbons (Fsp3) is 0.100.